The second kappa shape index (κ2) is 11.9. The molecule has 0 aliphatic heterocycles. The lowest BCUT2D eigenvalue weighted by Crippen LogP contribution is -2.53. The summed E-state index contributed by atoms with van der Waals surface area (Å²) in [5.41, 5.74) is 1.07. The predicted molar refractivity (Wildman–Crippen MR) is 134 cm³/mol. The summed E-state index contributed by atoms with van der Waals surface area (Å²) in [6.07, 6.45) is 16.3. The van der Waals surface area contributed by atoms with E-state index in [-0.39, 0.29) is 12.2 Å². The lowest BCUT2D eigenvalue weighted by Gasteiger charge is -2.61. The van der Waals surface area contributed by atoms with Gasteiger partial charge in [-0.15, -0.1) is 0 Å². The van der Waals surface area contributed by atoms with E-state index in [0.29, 0.717) is 10.8 Å². The number of rotatable bonds is 5. The van der Waals surface area contributed by atoms with Gasteiger partial charge in [-0.05, 0) is 117 Å². The smallest absolute Gasteiger partial charge is 0.0543 e. The van der Waals surface area contributed by atoms with Gasteiger partial charge in [-0.3, -0.25) is 0 Å². The molecule has 4 rings (SSSR count). The monoisotopic (exact) mass is 436 g/mol. The molecule has 4 unspecified atom stereocenters. The summed E-state index contributed by atoms with van der Waals surface area (Å²) in [5.74, 6) is 4.49. The van der Waals surface area contributed by atoms with Gasteiger partial charge < -0.3 is 10.2 Å². The van der Waals surface area contributed by atoms with Gasteiger partial charge in [0.1, 0.15) is 0 Å². The Kier molecular flexibility index (Phi) is 10.4. The zero-order chi connectivity index (χ0) is 23.2. The fourth-order valence-electron chi connectivity index (χ4n) is 8.62. The summed E-state index contributed by atoms with van der Waals surface area (Å²) in [7, 11) is 0. The molecule has 9 atom stereocenters. The zero-order valence-electron chi connectivity index (χ0n) is 22.1. The van der Waals surface area contributed by atoms with Gasteiger partial charge in [0.2, 0.25) is 0 Å². The average Bonchev–Trinajstić information content (AvgIpc) is 3.13. The Balaban J connectivity index is 0.000000807. The van der Waals surface area contributed by atoms with Gasteiger partial charge >= 0.3 is 0 Å². The molecule has 0 heterocycles. The van der Waals surface area contributed by atoms with Crippen LogP contribution in [-0.4, -0.2) is 22.4 Å². The Hall–Kier alpha value is -0.0800. The fourth-order valence-corrected chi connectivity index (χ4v) is 8.62. The first kappa shape index (κ1) is 27.2. The standard InChI is InChI=1S/C25H44O2.2C2H6/c1-4-19(26)7-5-6-17-9-11-22-21-10-8-18-16-20(27)12-14-25(18,3)23(21)13-15-24(17,22)2;2*1-2/h17-23,26-27H,4-16H2,1-3H3;2*1-2H3/t17-,18?,19?,20-,21-,22?,23?,24+,25-;;/m0../s1. The third-order valence-electron chi connectivity index (χ3n) is 10.4. The van der Waals surface area contributed by atoms with E-state index < -0.39 is 0 Å². The fraction of sp³-hybridized carbons (Fsp3) is 1.00. The van der Waals surface area contributed by atoms with Gasteiger partial charge in [-0.25, -0.2) is 0 Å². The molecule has 0 bridgehead atoms. The van der Waals surface area contributed by atoms with E-state index in [9.17, 15) is 10.2 Å². The summed E-state index contributed by atoms with van der Waals surface area (Å²) < 4.78 is 0. The molecule has 4 saturated carbocycles. The van der Waals surface area contributed by atoms with Gasteiger partial charge in [0.05, 0.1) is 12.2 Å². The number of hydrogen-bond donors (Lipinski definition) is 2. The summed E-state index contributed by atoms with van der Waals surface area (Å²) in [6, 6.07) is 0. The summed E-state index contributed by atoms with van der Waals surface area (Å²) in [5, 5.41) is 20.1. The number of fused-ring (bicyclic) bond motifs is 5. The molecule has 2 nitrogen and oxygen atoms in total. The molecule has 0 aromatic rings. The minimum absolute atomic E-state index is 0.0252. The first-order valence-electron chi connectivity index (χ1n) is 14.2. The summed E-state index contributed by atoms with van der Waals surface area (Å²) in [6.45, 7) is 15.3. The average molecular weight is 437 g/mol. The molecule has 31 heavy (non-hydrogen) atoms. The predicted octanol–water partition coefficient (Wildman–Crippen LogP) is 8.00. The lowest BCUT2D eigenvalue weighted by atomic mass is 9.44. The minimum Gasteiger partial charge on any atom is -0.393 e. The van der Waals surface area contributed by atoms with E-state index in [2.05, 4.69) is 20.8 Å². The molecule has 0 radical (unpaired) electrons. The Bertz CT molecular complexity index is 519. The molecule has 0 spiro atoms. The van der Waals surface area contributed by atoms with Gasteiger partial charge in [0.25, 0.3) is 0 Å². The van der Waals surface area contributed by atoms with Gasteiger partial charge in [-0.2, -0.15) is 0 Å². The van der Waals surface area contributed by atoms with E-state index >= 15 is 0 Å². The molecule has 0 amide bonds. The SMILES string of the molecule is CC.CC.CCC(O)CCC[C@H]1CCC2[C@@H]3CCC4C[C@@H](O)CC[C@]4(C)C3CC[C@@]21C. The van der Waals surface area contributed by atoms with E-state index in [1.54, 1.807) is 0 Å². The van der Waals surface area contributed by atoms with Crippen LogP contribution in [0.25, 0.3) is 0 Å². The van der Waals surface area contributed by atoms with E-state index in [1.807, 2.05) is 27.7 Å². The third-order valence-corrected chi connectivity index (χ3v) is 10.4. The van der Waals surface area contributed by atoms with Gasteiger partial charge in [0.15, 0.2) is 0 Å². The number of aliphatic hydroxyl groups is 2. The zero-order valence-corrected chi connectivity index (χ0v) is 22.1. The third kappa shape index (κ3) is 5.37. The molecular weight excluding hydrogens is 380 g/mol. The Labute approximate surface area is 195 Å². The summed E-state index contributed by atoms with van der Waals surface area (Å²) in [4.78, 5) is 0. The highest BCUT2D eigenvalue weighted by Gasteiger charge is 2.59. The van der Waals surface area contributed by atoms with Crippen LogP contribution in [0.15, 0.2) is 0 Å². The van der Waals surface area contributed by atoms with Crippen molar-refractivity contribution in [3.05, 3.63) is 0 Å². The van der Waals surface area contributed by atoms with E-state index in [4.69, 9.17) is 0 Å². The van der Waals surface area contributed by atoms with Crippen molar-refractivity contribution in [1.29, 1.82) is 0 Å². The van der Waals surface area contributed by atoms with Crippen LogP contribution in [-0.2, 0) is 0 Å². The van der Waals surface area contributed by atoms with E-state index in [0.717, 1.165) is 55.3 Å². The van der Waals surface area contributed by atoms with Crippen molar-refractivity contribution in [3.8, 4) is 0 Å². The first-order chi connectivity index (χ1) is 14.9. The van der Waals surface area contributed by atoms with Crippen molar-refractivity contribution in [1.82, 2.24) is 0 Å². The normalized spacial score (nSPS) is 44.4. The molecule has 2 N–H and O–H groups in total. The van der Waals surface area contributed by atoms with Crippen molar-refractivity contribution >= 4 is 0 Å². The molecule has 4 aliphatic carbocycles. The highest BCUT2D eigenvalue weighted by molar-refractivity contribution is 5.09. The van der Waals surface area contributed by atoms with Crippen LogP contribution in [0.3, 0.4) is 0 Å². The highest BCUT2D eigenvalue weighted by Crippen LogP contribution is 2.67. The van der Waals surface area contributed by atoms with Crippen LogP contribution in [0.5, 0.6) is 0 Å². The molecular formula is C29H56O2. The van der Waals surface area contributed by atoms with Crippen molar-refractivity contribution in [3.63, 3.8) is 0 Å². The molecule has 4 fully saturated rings. The second-order valence-corrected chi connectivity index (χ2v) is 11.4. The Morgan fingerprint density at radius 1 is 0.839 bits per heavy atom. The van der Waals surface area contributed by atoms with Gasteiger partial charge in [-0.1, -0.05) is 54.9 Å². The van der Waals surface area contributed by atoms with Crippen LogP contribution in [0.4, 0.5) is 0 Å². The molecule has 0 aromatic heterocycles. The van der Waals surface area contributed by atoms with Crippen LogP contribution < -0.4 is 0 Å². The number of hydrogen-bond acceptors (Lipinski definition) is 2. The van der Waals surface area contributed by atoms with E-state index in [1.165, 1.54) is 57.8 Å². The minimum atomic E-state index is -0.0809. The maximum atomic E-state index is 10.2. The second-order valence-electron chi connectivity index (χ2n) is 11.4. The number of aliphatic hydroxyl groups excluding tert-OH is 2. The maximum Gasteiger partial charge on any atom is 0.0543 e. The molecule has 0 aromatic carbocycles. The first-order valence-corrected chi connectivity index (χ1v) is 14.2. The topological polar surface area (TPSA) is 40.5 Å². The summed E-state index contributed by atoms with van der Waals surface area (Å²) >= 11 is 0. The largest absolute Gasteiger partial charge is 0.393 e. The van der Waals surface area contributed by atoms with Crippen molar-refractivity contribution < 1.29 is 10.2 Å². The molecule has 2 heteroatoms. The quantitative estimate of drug-likeness (QED) is 0.458. The van der Waals surface area contributed by atoms with Crippen molar-refractivity contribution in [2.24, 2.45) is 40.4 Å². The van der Waals surface area contributed by atoms with Crippen LogP contribution in [0.1, 0.15) is 132 Å². The molecule has 184 valence electrons. The maximum absolute atomic E-state index is 10.2. The lowest BCUT2D eigenvalue weighted by molar-refractivity contribution is -0.127. The van der Waals surface area contributed by atoms with Crippen LogP contribution >= 0.6 is 0 Å². The van der Waals surface area contributed by atoms with Crippen molar-refractivity contribution in [2.75, 3.05) is 0 Å². The Morgan fingerprint density at radius 2 is 1.48 bits per heavy atom. The van der Waals surface area contributed by atoms with Crippen LogP contribution in [0.2, 0.25) is 0 Å². The molecule has 4 aliphatic rings. The Morgan fingerprint density at radius 3 is 2.16 bits per heavy atom. The van der Waals surface area contributed by atoms with Crippen molar-refractivity contribution in [2.45, 2.75) is 144 Å². The highest BCUT2D eigenvalue weighted by atomic mass is 16.3. The molecule has 0 saturated heterocycles. The van der Waals surface area contributed by atoms with Crippen LogP contribution in [0, 0.1) is 40.4 Å². The van der Waals surface area contributed by atoms with Gasteiger partial charge in [0, 0.05) is 0 Å².